The molecule has 10 heteroatoms. The molecule has 1 aromatic carbocycles. The zero-order chi connectivity index (χ0) is 19.1. The van der Waals surface area contributed by atoms with E-state index in [9.17, 15) is 22.8 Å². The van der Waals surface area contributed by atoms with E-state index in [1.165, 1.54) is 4.90 Å². The van der Waals surface area contributed by atoms with Gasteiger partial charge in [-0.15, -0.1) is 5.10 Å². The predicted octanol–water partition coefficient (Wildman–Crippen LogP) is 2.44. The van der Waals surface area contributed by atoms with Crippen molar-refractivity contribution in [3.05, 3.63) is 41.2 Å². The number of nitrogens with one attached hydrogen (secondary N) is 2. The van der Waals surface area contributed by atoms with Gasteiger partial charge >= 0.3 is 6.18 Å². The van der Waals surface area contributed by atoms with Gasteiger partial charge in [-0.2, -0.15) is 18.2 Å². The van der Waals surface area contributed by atoms with Crippen LogP contribution in [0.5, 0.6) is 0 Å². The average Bonchev–Trinajstić information content (AvgIpc) is 3.13. The van der Waals surface area contributed by atoms with Gasteiger partial charge in [-0.25, -0.2) is 0 Å². The predicted molar refractivity (Wildman–Crippen MR) is 85.0 cm³/mol. The number of aromatic amines is 1. The number of nitrogens with zero attached hydrogens (tertiary/aromatic N) is 3. The Balaban J connectivity index is 1.80. The van der Waals surface area contributed by atoms with Crippen LogP contribution in [0.3, 0.4) is 0 Å². The van der Waals surface area contributed by atoms with Crippen LogP contribution in [0, 0.1) is 5.92 Å². The van der Waals surface area contributed by atoms with Crippen LogP contribution in [0.1, 0.15) is 35.6 Å². The first-order valence-corrected chi connectivity index (χ1v) is 7.88. The smallest absolute Gasteiger partial charge is 0.322 e. The third-order valence-corrected chi connectivity index (χ3v) is 4.07. The average molecular weight is 367 g/mol. The van der Waals surface area contributed by atoms with Crippen molar-refractivity contribution in [1.82, 2.24) is 20.1 Å². The number of halogens is 3. The number of rotatable bonds is 4. The molecule has 1 aliphatic rings. The van der Waals surface area contributed by atoms with Gasteiger partial charge in [0.25, 0.3) is 5.91 Å². The molecule has 0 bridgehead atoms. The highest BCUT2D eigenvalue weighted by Crippen LogP contribution is 2.28. The largest absolute Gasteiger partial charge is 0.451 e. The number of benzene rings is 1. The lowest BCUT2D eigenvalue weighted by Crippen LogP contribution is -2.47. The normalized spacial score (nSPS) is 15.3. The maximum atomic E-state index is 12.6. The Hall–Kier alpha value is -2.91. The highest BCUT2D eigenvalue weighted by atomic mass is 19.4. The van der Waals surface area contributed by atoms with Crippen LogP contribution in [-0.4, -0.2) is 37.9 Å². The number of amides is 2. The SMILES string of the molecule is CC(C)C(C(=O)Nc1n[nH]c(C(F)(F)F)n1)N1Cc2ccccc2C1=O. The van der Waals surface area contributed by atoms with Crippen molar-refractivity contribution in [1.29, 1.82) is 0 Å². The van der Waals surface area contributed by atoms with Gasteiger partial charge in [0.1, 0.15) is 6.04 Å². The van der Waals surface area contributed by atoms with Crippen LogP contribution in [0.4, 0.5) is 19.1 Å². The molecule has 7 nitrogen and oxygen atoms in total. The van der Waals surface area contributed by atoms with Gasteiger partial charge in [-0.05, 0) is 17.5 Å². The number of alkyl halides is 3. The molecule has 0 saturated heterocycles. The molecule has 0 aliphatic carbocycles. The first-order chi connectivity index (χ1) is 12.2. The van der Waals surface area contributed by atoms with Gasteiger partial charge in [-0.1, -0.05) is 32.0 Å². The highest BCUT2D eigenvalue weighted by molar-refractivity contribution is 6.03. The summed E-state index contributed by atoms with van der Waals surface area (Å²) in [4.78, 5) is 29.8. The van der Waals surface area contributed by atoms with Crippen molar-refractivity contribution in [3.8, 4) is 0 Å². The fourth-order valence-electron chi connectivity index (χ4n) is 2.93. The van der Waals surface area contributed by atoms with E-state index in [4.69, 9.17) is 0 Å². The number of aromatic nitrogens is 3. The molecule has 0 fully saturated rings. The summed E-state index contributed by atoms with van der Waals surface area (Å²) >= 11 is 0. The second-order valence-corrected chi connectivity index (χ2v) is 6.27. The molecule has 138 valence electrons. The van der Waals surface area contributed by atoms with Crippen molar-refractivity contribution in [2.75, 3.05) is 5.32 Å². The van der Waals surface area contributed by atoms with Crippen molar-refractivity contribution in [2.24, 2.45) is 5.92 Å². The van der Waals surface area contributed by atoms with Gasteiger partial charge in [0.2, 0.25) is 17.7 Å². The molecule has 1 atom stereocenters. The third-order valence-electron chi connectivity index (χ3n) is 4.07. The summed E-state index contributed by atoms with van der Waals surface area (Å²) in [5.74, 6) is -3.00. The summed E-state index contributed by atoms with van der Waals surface area (Å²) in [6, 6.07) is 6.14. The van der Waals surface area contributed by atoms with Crippen molar-refractivity contribution in [2.45, 2.75) is 32.6 Å². The molecule has 1 aromatic heterocycles. The summed E-state index contributed by atoms with van der Waals surface area (Å²) in [5.41, 5.74) is 1.32. The molecular formula is C16H16F3N5O2. The van der Waals surface area contributed by atoms with Crippen LogP contribution in [0.2, 0.25) is 0 Å². The number of H-pyrrole nitrogens is 1. The minimum absolute atomic E-state index is 0.257. The quantitative estimate of drug-likeness (QED) is 0.868. The maximum Gasteiger partial charge on any atom is 0.451 e. The zero-order valence-corrected chi connectivity index (χ0v) is 14.0. The molecule has 2 N–H and O–H groups in total. The summed E-state index contributed by atoms with van der Waals surface area (Å²) in [6.45, 7) is 3.76. The van der Waals surface area contributed by atoms with Crippen LogP contribution >= 0.6 is 0 Å². The number of carbonyl (C=O) groups excluding carboxylic acids is 2. The molecular weight excluding hydrogens is 351 g/mol. The summed E-state index contributed by atoms with van der Waals surface area (Å²) in [6.07, 6.45) is -4.69. The molecule has 2 heterocycles. The first kappa shape index (κ1) is 17.9. The maximum absolute atomic E-state index is 12.6. The molecule has 0 saturated carbocycles. The molecule has 1 aliphatic heterocycles. The van der Waals surface area contributed by atoms with Gasteiger partial charge in [0.05, 0.1) is 0 Å². The van der Waals surface area contributed by atoms with Crippen molar-refractivity contribution in [3.63, 3.8) is 0 Å². The molecule has 1 unspecified atom stereocenters. The van der Waals surface area contributed by atoms with Crippen LogP contribution in [0.25, 0.3) is 0 Å². The van der Waals surface area contributed by atoms with Crippen LogP contribution in [-0.2, 0) is 17.5 Å². The minimum Gasteiger partial charge on any atom is -0.322 e. The van der Waals surface area contributed by atoms with Crippen molar-refractivity contribution >= 4 is 17.8 Å². The fraction of sp³-hybridized carbons (Fsp3) is 0.375. The van der Waals surface area contributed by atoms with Gasteiger partial charge in [0.15, 0.2) is 0 Å². The number of carbonyl (C=O) groups is 2. The lowest BCUT2D eigenvalue weighted by atomic mass is 10.0. The Morgan fingerprint density at radius 2 is 2.00 bits per heavy atom. The summed E-state index contributed by atoms with van der Waals surface area (Å²) in [5, 5.41) is 7.34. The zero-order valence-electron chi connectivity index (χ0n) is 14.0. The number of fused-ring (bicyclic) bond motifs is 1. The van der Waals surface area contributed by atoms with E-state index in [2.05, 4.69) is 15.4 Å². The lowest BCUT2D eigenvalue weighted by molar-refractivity contribution is -0.144. The van der Waals surface area contributed by atoms with E-state index >= 15 is 0 Å². The monoisotopic (exact) mass is 367 g/mol. The van der Waals surface area contributed by atoms with E-state index in [0.717, 1.165) is 5.56 Å². The lowest BCUT2D eigenvalue weighted by Gasteiger charge is -2.29. The summed E-state index contributed by atoms with van der Waals surface area (Å²) < 4.78 is 37.7. The van der Waals surface area contributed by atoms with E-state index in [1.54, 1.807) is 43.2 Å². The summed E-state index contributed by atoms with van der Waals surface area (Å²) in [7, 11) is 0. The number of hydrogen-bond acceptors (Lipinski definition) is 4. The second-order valence-electron chi connectivity index (χ2n) is 6.27. The third kappa shape index (κ3) is 3.26. The van der Waals surface area contributed by atoms with Gasteiger partial charge in [0, 0.05) is 12.1 Å². The van der Waals surface area contributed by atoms with E-state index in [0.29, 0.717) is 5.56 Å². The Kier molecular flexibility index (Phi) is 4.43. The van der Waals surface area contributed by atoms with Crippen molar-refractivity contribution < 1.29 is 22.8 Å². The van der Waals surface area contributed by atoms with Crippen LogP contribution < -0.4 is 5.32 Å². The molecule has 2 aromatic rings. The fourth-order valence-corrected chi connectivity index (χ4v) is 2.93. The van der Waals surface area contributed by atoms with Crippen LogP contribution in [0.15, 0.2) is 24.3 Å². The first-order valence-electron chi connectivity index (χ1n) is 7.88. The molecule has 0 spiro atoms. The standard InChI is InChI=1S/C16H16F3N5O2/c1-8(2)11(24-7-9-5-3-4-6-10(9)13(24)26)12(25)20-15-21-14(22-23-15)16(17,18)19/h3-6,8,11H,7H2,1-2H3,(H2,20,21,22,23,25). The highest BCUT2D eigenvalue weighted by Gasteiger charge is 2.39. The Bertz CT molecular complexity index is 846. The van der Waals surface area contributed by atoms with E-state index < -0.39 is 29.9 Å². The molecule has 3 rings (SSSR count). The van der Waals surface area contributed by atoms with E-state index in [1.807, 2.05) is 0 Å². The Morgan fingerprint density at radius 3 is 2.58 bits per heavy atom. The minimum atomic E-state index is -4.69. The van der Waals surface area contributed by atoms with Gasteiger partial charge < -0.3 is 4.90 Å². The number of hydrogen-bond donors (Lipinski definition) is 2. The van der Waals surface area contributed by atoms with E-state index in [-0.39, 0.29) is 18.4 Å². The topological polar surface area (TPSA) is 91.0 Å². The molecule has 26 heavy (non-hydrogen) atoms. The Morgan fingerprint density at radius 1 is 1.31 bits per heavy atom. The second kappa shape index (κ2) is 6.43. The van der Waals surface area contributed by atoms with Gasteiger partial charge in [-0.3, -0.25) is 20.0 Å². The molecule has 2 amide bonds. The molecule has 0 radical (unpaired) electrons. The number of anilines is 1. The Labute approximate surface area is 146 Å².